The molecule has 0 fully saturated rings. The predicted molar refractivity (Wildman–Crippen MR) is 150 cm³/mol. The zero-order valence-corrected chi connectivity index (χ0v) is 24.6. The highest BCUT2D eigenvalue weighted by Crippen LogP contribution is 2.48. The van der Waals surface area contributed by atoms with E-state index in [0.717, 1.165) is 11.3 Å². The van der Waals surface area contributed by atoms with Crippen LogP contribution in [0.1, 0.15) is 63.0 Å². The van der Waals surface area contributed by atoms with Gasteiger partial charge in [0.15, 0.2) is 28.8 Å². The third kappa shape index (κ3) is 5.50. The van der Waals surface area contributed by atoms with Crippen LogP contribution in [0.2, 0.25) is 0 Å². The van der Waals surface area contributed by atoms with Gasteiger partial charge in [0.2, 0.25) is 0 Å². The van der Waals surface area contributed by atoms with Gasteiger partial charge in [-0.3, -0.25) is 4.79 Å². The number of carbonyl (C=O) groups excluding carboxylic acids is 2. The fourth-order valence-corrected chi connectivity index (χ4v) is 5.69. The quantitative estimate of drug-likeness (QED) is 0.362. The number of phenols is 1. The third-order valence-electron chi connectivity index (χ3n) is 7.41. The number of Topliss-reactive ketones (excluding diaryl/α,β-unsaturated/α-hetero) is 1. The Morgan fingerprint density at radius 2 is 1.72 bits per heavy atom. The molecule has 2 aliphatic rings. The molecule has 4 rings (SSSR count). The Bertz CT molecular complexity index is 1360. The van der Waals surface area contributed by atoms with E-state index in [1.54, 1.807) is 26.4 Å². The van der Waals surface area contributed by atoms with Crippen molar-refractivity contribution in [1.29, 1.82) is 0 Å². The first-order valence-corrected chi connectivity index (χ1v) is 13.7. The van der Waals surface area contributed by atoms with E-state index >= 15 is 0 Å². The SMILES string of the molecule is CC[C@@H](C)OC(=O)C1=C(C)NC2=C(C(=O)C[C@H](c3ccc(OC)c(OC)c3)C2)[C@H]1c1cc(Br)c(O)c(OC)c1. The van der Waals surface area contributed by atoms with Gasteiger partial charge in [-0.2, -0.15) is 0 Å². The summed E-state index contributed by atoms with van der Waals surface area (Å²) in [6.45, 7) is 5.60. The van der Waals surface area contributed by atoms with E-state index in [4.69, 9.17) is 18.9 Å². The minimum Gasteiger partial charge on any atom is -0.503 e. The number of hydrogen-bond acceptors (Lipinski definition) is 8. The lowest BCUT2D eigenvalue weighted by molar-refractivity contribution is -0.144. The maximum Gasteiger partial charge on any atom is 0.337 e. The Morgan fingerprint density at radius 3 is 2.36 bits per heavy atom. The monoisotopic (exact) mass is 599 g/mol. The minimum atomic E-state index is -0.692. The van der Waals surface area contributed by atoms with E-state index in [-0.39, 0.29) is 35.7 Å². The molecule has 0 saturated heterocycles. The van der Waals surface area contributed by atoms with E-state index in [1.807, 2.05) is 39.0 Å². The van der Waals surface area contributed by atoms with Crippen molar-refractivity contribution in [3.8, 4) is 23.0 Å². The molecule has 2 aromatic carbocycles. The topological polar surface area (TPSA) is 103 Å². The van der Waals surface area contributed by atoms with Crippen molar-refractivity contribution in [1.82, 2.24) is 5.32 Å². The average molecular weight is 601 g/mol. The Balaban J connectivity index is 1.83. The summed E-state index contributed by atoms with van der Waals surface area (Å²) in [6.07, 6.45) is 1.20. The number of esters is 1. The van der Waals surface area contributed by atoms with Crippen molar-refractivity contribution in [3.63, 3.8) is 0 Å². The number of halogens is 1. The highest BCUT2D eigenvalue weighted by Gasteiger charge is 2.42. The van der Waals surface area contributed by atoms with Gasteiger partial charge in [0.05, 0.1) is 37.5 Å². The third-order valence-corrected chi connectivity index (χ3v) is 8.02. The summed E-state index contributed by atoms with van der Waals surface area (Å²) in [5, 5.41) is 13.8. The van der Waals surface area contributed by atoms with E-state index in [2.05, 4.69) is 21.2 Å². The number of dihydropyridines is 1. The van der Waals surface area contributed by atoms with Crippen LogP contribution in [0.4, 0.5) is 0 Å². The Morgan fingerprint density at radius 1 is 1.05 bits per heavy atom. The largest absolute Gasteiger partial charge is 0.503 e. The number of carbonyl (C=O) groups is 2. The zero-order chi connectivity index (χ0) is 28.4. The summed E-state index contributed by atoms with van der Waals surface area (Å²) in [4.78, 5) is 27.4. The zero-order valence-electron chi connectivity index (χ0n) is 23.0. The highest BCUT2D eigenvalue weighted by atomic mass is 79.9. The summed E-state index contributed by atoms with van der Waals surface area (Å²) >= 11 is 3.40. The second-order valence-electron chi connectivity index (χ2n) is 9.81. The van der Waals surface area contributed by atoms with Gasteiger partial charge in [-0.15, -0.1) is 0 Å². The van der Waals surface area contributed by atoms with Crippen LogP contribution in [0.25, 0.3) is 0 Å². The number of rotatable bonds is 8. The molecule has 0 saturated carbocycles. The summed E-state index contributed by atoms with van der Waals surface area (Å²) < 4.78 is 22.4. The minimum absolute atomic E-state index is 0.0580. The second-order valence-corrected chi connectivity index (χ2v) is 10.7. The van der Waals surface area contributed by atoms with Crippen molar-refractivity contribution in [2.45, 2.75) is 58.0 Å². The molecule has 3 atom stereocenters. The summed E-state index contributed by atoms with van der Waals surface area (Å²) in [5.41, 5.74) is 3.87. The van der Waals surface area contributed by atoms with Crippen LogP contribution < -0.4 is 19.5 Å². The number of aromatic hydroxyl groups is 1. The van der Waals surface area contributed by atoms with E-state index in [0.29, 0.717) is 51.2 Å². The lowest BCUT2D eigenvalue weighted by Crippen LogP contribution is -2.36. The molecule has 0 unspecified atom stereocenters. The number of ether oxygens (including phenoxy) is 4. The van der Waals surface area contributed by atoms with E-state index in [1.165, 1.54) is 7.11 Å². The van der Waals surface area contributed by atoms with Gasteiger partial charge in [-0.1, -0.05) is 13.0 Å². The van der Waals surface area contributed by atoms with Crippen LogP contribution in [0.3, 0.4) is 0 Å². The lowest BCUT2D eigenvalue weighted by Gasteiger charge is -2.37. The number of allylic oxidation sites excluding steroid dienone is 3. The molecule has 0 bridgehead atoms. The molecule has 39 heavy (non-hydrogen) atoms. The normalized spacial score (nSPS) is 19.7. The van der Waals surface area contributed by atoms with Gasteiger partial charge in [-0.05, 0) is 83.9 Å². The highest BCUT2D eigenvalue weighted by molar-refractivity contribution is 9.10. The van der Waals surface area contributed by atoms with Crippen molar-refractivity contribution in [3.05, 3.63) is 68.5 Å². The van der Waals surface area contributed by atoms with Crippen molar-refractivity contribution in [2.24, 2.45) is 0 Å². The lowest BCUT2D eigenvalue weighted by atomic mass is 9.71. The summed E-state index contributed by atoms with van der Waals surface area (Å²) in [5.74, 6) is 0.0605. The molecular formula is C30H34BrNO7. The smallest absolute Gasteiger partial charge is 0.337 e. The van der Waals surface area contributed by atoms with Gasteiger partial charge in [-0.25, -0.2) is 4.79 Å². The van der Waals surface area contributed by atoms with Crippen LogP contribution in [-0.4, -0.2) is 44.3 Å². The molecule has 0 spiro atoms. The van der Waals surface area contributed by atoms with Crippen LogP contribution in [0.15, 0.2) is 57.3 Å². The van der Waals surface area contributed by atoms with E-state index < -0.39 is 11.9 Å². The Labute approximate surface area is 237 Å². The predicted octanol–water partition coefficient (Wildman–Crippen LogP) is 5.88. The molecule has 1 heterocycles. The standard InChI is InChI=1S/C30H34BrNO7/c1-7-15(2)39-30(35)26-16(3)32-21-11-18(17-8-9-23(36-4)24(13-17)37-5)12-22(33)28(21)27(26)19-10-20(31)29(34)25(14-19)38-6/h8-10,13-15,18,27,32,34H,7,11-12H2,1-6H3/t15-,18-,27+/m1/s1. The van der Waals surface area contributed by atoms with Crippen molar-refractivity contribution >= 4 is 27.7 Å². The summed E-state index contributed by atoms with van der Waals surface area (Å²) in [6, 6.07) is 9.08. The van der Waals surface area contributed by atoms with E-state index in [9.17, 15) is 14.7 Å². The van der Waals surface area contributed by atoms with Gasteiger partial charge in [0.1, 0.15) is 0 Å². The van der Waals surface area contributed by atoms with Crippen LogP contribution in [0, 0.1) is 0 Å². The Kier molecular flexibility index (Phi) is 8.59. The molecule has 1 aliphatic carbocycles. The molecule has 0 aromatic heterocycles. The fourth-order valence-electron chi connectivity index (χ4n) is 5.23. The maximum atomic E-state index is 13.9. The molecule has 2 N–H and O–H groups in total. The fraction of sp³-hybridized carbons (Fsp3) is 0.400. The molecule has 2 aromatic rings. The second kappa shape index (κ2) is 11.7. The number of phenolic OH excluding ortho intramolecular Hbond substituents is 1. The van der Waals surface area contributed by atoms with Crippen LogP contribution in [-0.2, 0) is 14.3 Å². The number of benzene rings is 2. The van der Waals surface area contributed by atoms with Crippen LogP contribution in [0.5, 0.6) is 23.0 Å². The number of methoxy groups -OCH3 is 3. The molecule has 8 nitrogen and oxygen atoms in total. The average Bonchev–Trinajstić information content (AvgIpc) is 2.92. The molecule has 1 aliphatic heterocycles. The molecule has 9 heteroatoms. The first-order chi connectivity index (χ1) is 18.6. The molecular weight excluding hydrogens is 566 g/mol. The van der Waals surface area contributed by atoms with Gasteiger partial charge < -0.3 is 29.4 Å². The molecule has 0 amide bonds. The van der Waals surface area contributed by atoms with Crippen molar-refractivity contribution < 1.29 is 33.6 Å². The van der Waals surface area contributed by atoms with Gasteiger partial charge >= 0.3 is 5.97 Å². The molecule has 208 valence electrons. The first-order valence-electron chi connectivity index (χ1n) is 12.9. The number of ketones is 1. The van der Waals surface area contributed by atoms with Gasteiger partial charge in [0.25, 0.3) is 0 Å². The van der Waals surface area contributed by atoms with Crippen molar-refractivity contribution in [2.75, 3.05) is 21.3 Å². The van der Waals surface area contributed by atoms with Crippen LogP contribution >= 0.6 is 15.9 Å². The first kappa shape index (κ1) is 28.5. The Hall–Kier alpha value is -3.46. The molecule has 0 radical (unpaired) electrons. The maximum absolute atomic E-state index is 13.9. The number of nitrogens with one attached hydrogen (secondary N) is 1. The van der Waals surface area contributed by atoms with Gasteiger partial charge in [0, 0.05) is 29.3 Å². The number of hydrogen-bond donors (Lipinski definition) is 2. The summed E-state index contributed by atoms with van der Waals surface area (Å²) in [7, 11) is 4.62.